The molecule has 194 valence electrons. The second kappa shape index (κ2) is 10.0. The Balaban J connectivity index is 1.60. The third-order valence-corrected chi connectivity index (χ3v) is 6.45. The van der Waals surface area contributed by atoms with Crippen molar-refractivity contribution in [3.8, 4) is 11.5 Å². The van der Waals surface area contributed by atoms with Crippen LogP contribution in [0.2, 0.25) is 0 Å². The van der Waals surface area contributed by atoms with Gasteiger partial charge in [-0.1, -0.05) is 0 Å². The lowest BCUT2D eigenvalue weighted by atomic mass is 9.82. The summed E-state index contributed by atoms with van der Waals surface area (Å²) in [7, 11) is 1.55. The predicted octanol–water partition coefficient (Wildman–Crippen LogP) is 6.06. The Morgan fingerprint density at radius 3 is 2.47 bits per heavy atom. The summed E-state index contributed by atoms with van der Waals surface area (Å²) in [4.78, 5) is 9.00. The highest BCUT2D eigenvalue weighted by Crippen LogP contribution is 2.37. The first-order valence-corrected chi connectivity index (χ1v) is 11.8. The molecule has 1 fully saturated rings. The number of ether oxygens (including phenoxy) is 3. The zero-order chi connectivity index (χ0) is 26.1. The average molecular weight is 505 g/mol. The van der Waals surface area contributed by atoms with Crippen molar-refractivity contribution in [2.45, 2.75) is 57.9 Å². The van der Waals surface area contributed by atoms with Crippen LogP contribution in [0.1, 0.15) is 56.1 Å². The van der Waals surface area contributed by atoms with Gasteiger partial charge < -0.3 is 25.3 Å². The highest BCUT2D eigenvalue weighted by atomic mass is 19.4. The van der Waals surface area contributed by atoms with Gasteiger partial charge >= 0.3 is 6.18 Å². The fourth-order valence-electron chi connectivity index (χ4n) is 4.27. The number of nitrogens with zero attached hydrogens (tertiary/aromatic N) is 2. The Kier molecular flexibility index (Phi) is 7.17. The van der Waals surface area contributed by atoms with Crippen molar-refractivity contribution in [2.75, 3.05) is 31.4 Å². The van der Waals surface area contributed by atoms with E-state index in [0.717, 1.165) is 25.0 Å². The van der Waals surface area contributed by atoms with Gasteiger partial charge in [0.05, 0.1) is 36.4 Å². The number of nitrogen functional groups attached to an aromatic ring is 1. The van der Waals surface area contributed by atoms with Crippen molar-refractivity contribution in [1.82, 2.24) is 9.97 Å². The van der Waals surface area contributed by atoms with Gasteiger partial charge in [0.2, 0.25) is 0 Å². The van der Waals surface area contributed by atoms with Crippen LogP contribution in [0.25, 0.3) is 10.9 Å². The van der Waals surface area contributed by atoms with E-state index in [2.05, 4.69) is 22.2 Å². The van der Waals surface area contributed by atoms with Gasteiger partial charge in [-0.15, -0.1) is 0 Å². The number of alkyl halides is 3. The Morgan fingerprint density at radius 1 is 1.08 bits per heavy atom. The number of nitrogens with one attached hydrogen (secondary N) is 1. The average Bonchev–Trinajstić information content (AvgIpc) is 2.79. The zero-order valence-corrected chi connectivity index (χ0v) is 20.8. The maximum atomic E-state index is 13.3. The van der Waals surface area contributed by atoms with Gasteiger partial charge in [-0.3, -0.25) is 0 Å². The molecule has 0 spiro atoms. The Labute approximate surface area is 208 Å². The van der Waals surface area contributed by atoms with Crippen molar-refractivity contribution in [3.05, 3.63) is 47.3 Å². The smallest absolute Gasteiger partial charge is 0.416 e. The van der Waals surface area contributed by atoms with Crippen LogP contribution < -0.4 is 20.5 Å². The van der Waals surface area contributed by atoms with Crippen LogP contribution in [0.4, 0.5) is 24.7 Å². The molecule has 1 saturated carbocycles. The molecule has 3 aromatic rings. The molecule has 0 aliphatic heterocycles. The molecule has 0 bridgehead atoms. The maximum absolute atomic E-state index is 13.3. The molecule has 1 aliphatic carbocycles. The lowest BCUT2D eigenvalue weighted by molar-refractivity contribution is -0.137. The number of fused-ring (bicyclic) bond motifs is 1. The summed E-state index contributed by atoms with van der Waals surface area (Å²) in [6.07, 6.45) is -1.22. The van der Waals surface area contributed by atoms with Gasteiger partial charge in [0.1, 0.15) is 18.2 Å². The number of rotatable bonds is 9. The van der Waals surface area contributed by atoms with E-state index in [4.69, 9.17) is 19.9 Å². The van der Waals surface area contributed by atoms with Crippen LogP contribution >= 0.6 is 0 Å². The first kappa shape index (κ1) is 25.8. The van der Waals surface area contributed by atoms with Crippen molar-refractivity contribution in [3.63, 3.8) is 0 Å². The van der Waals surface area contributed by atoms with Crippen LogP contribution in [0.3, 0.4) is 0 Å². The number of aromatic nitrogens is 2. The second-order valence-corrected chi connectivity index (χ2v) is 9.39. The van der Waals surface area contributed by atoms with E-state index in [0.29, 0.717) is 52.8 Å². The monoisotopic (exact) mass is 504 g/mol. The number of methoxy groups -OCH3 is 1. The molecule has 1 aromatic heterocycles. The summed E-state index contributed by atoms with van der Waals surface area (Å²) in [6, 6.07) is 6.54. The summed E-state index contributed by atoms with van der Waals surface area (Å²) in [5, 5.41) is 3.87. The molecule has 0 unspecified atom stereocenters. The molecule has 1 atom stereocenters. The van der Waals surface area contributed by atoms with Crippen LogP contribution in [-0.4, -0.2) is 35.9 Å². The molecular weight excluding hydrogens is 473 g/mol. The minimum absolute atomic E-state index is 0.0376. The highest BCUT2D eigenvalue weighted by Gasteiger charge is 2.33. The second-order valence-electron chi connectivity index (χ2n) is 9.39. The molecular formula is C26H31F3N4O3. The van der Waals surface area contributed by atoms with Crippen molar-refractivity contribution >= 4 is 22.4 Å². The minimum Gasteiger partial charge on any atom is -0.493 e. The maximum Gasteiger partial charge on any atom is 0.416 e. The zero-order valence-electron chi connectivity index (χ0n) is 20.8. The van der Waals surface area contributed by atoms with E-state index in [1.807, 2.05) is 0 Å². The summed E-state index contributed by atoms with van der Waals surface area (Å²) >= 11 is 0. The third kappa shape index (κ3) is 5.75. The number of aryl methyl sites for hydroxylation is 1. The molecule has 0 amide bonds. The number of anilines is 2. The molecule has 36 heavy (non-hydrogen) atoms. The van der Waals surface area contributed by atoms with Crippen LogP contribution in [-0.2, 0) is 10.9 Å². The van der Waals surface area contributed by atoms with Gasteiger partial charge in [-0.2, -0.15) is 13.2 Å². The van der Waals surface area contributed by atoms with E-state index < -0.39 is 17.8 Å². The lowest BCUT2D eigenvalue weighted by Gasteiger charge is -2.38. The molecule has 3 N–H and O–H groups in total. The SMILES string of the molecule is COc1cc2nc(C)nc(N[C@H](C)c3cc(N)cc(C(F)(F)F)c3)c2cc1OCCOC1(C)CCC1. The van der Waals surface area contributed by atoms with Crippen molar-refractivity contribution in [1.29, 1.82) is 0 Å². The highest BCUT2D eigenvalue weighted by molar-refractivity contribution is 5.92. The van der Waals surface area contributed by atoms with Crippen LogP contribution in [0, 0.1) is 6.92 Å². The number of benzene rings is 2. The van der Waals surface area contributed by atoms with E-state index in [-0.39, 0.29) is 11.3 Å². The lowest BCUT2D eigenvalue weighted by Crippen LogP contribution is -2.37. The van der Waals surface area contributed by atoms with E-state index in [1.54, 1.807) is 33.1 Å². The third-order valence-electron chi connectivity index (χ3n) is 6.45. The quantitative estimate of drug-likeness (QED) is 0.270. The molecule has 2 aromatic carbocycles. The van der Waals surface area contributed by atoms with E-state index >= 15 is 0 Å². The van der Waals surface area contributed by atoms with Gasteiger partial charge in [0.15, 0.2) is 11.5 Å². The number of nitrogens with two attached hydrogens (primary N) is 1. The molecule has 1 aliphatic rings. The summed E-state index contributed by atoms with van der Waals surface area (Å²) in [5.41, 5.74) is 5.93. The summed E-state index contributed by atoms with van der Waals surface area (Å²) in [6.45, 7) is 6.38. The topological polar surface area (TPSA) is 91.5 Å². The molecule has 1 heterocycles. The fourth-order valence-corrected chi connectivity index (χ4v) is 4.27. The number of halogens is 3. The molecule has 0 saturated heterocycles. The molecule has 10 heteroatoms. The fraction of sp³-hybridized carbons (Fsp3) is 0.462. The first-order valence-electron chi connectivity index (χ1n) is 11.8. The van der Waals surface area contributed by atoms with Gasteiger partial charge in [0.25, 0.3) is 0 Å². The minimum atomic E-state index is -4.50. The normalized spacial score (nSPS) is 15.9. The Morgan fingerprint density at radius 2 is 1.83 bits per heavy atom. The number of hydrogen-bond donors (Lipinski definition) is 2. The van der Waals surface area contributed by atoms with Crippen molar-refractivity contribution in [2.24, 2.45) is 0 Å². The Bertz CT molecular complexity index is 1250. The molecule has 4 rings (SSSR count). The summed E-state index contributed by atoms with van der Waals surface area (Å²) in [5.74, 6) is 1.98. The molecule has 7 nitrogen and oxygen atoms in total. The first-order chi connectivity index (χ1) is 17.0. The standard InChI is InChI=1S/C26H31F3N4O3/c1-15(17-10-18(26(27,28)29)12-19(30)11-17)31-24-20-13-23(35-8-9-36-25(3)6-5-7-25)22(34-4)14-21(20)32-16(2)33-24/h10-15H,5-9,30H2,1-4H3,(H,31,32,33)/t15-/m1/s1. The molecule has 0 radical (unpaired) electrons. The van der Waals surface area contributed by atoms with Crippen LogP contribution in [0.15, 0.2) is 30.3 Å². The summed E-state index contributed by atoms with van der Waals surface area (Å²) < 4.78 is 57.3. The van der Waals surface area contributed by atoms with Gasteiger partial charge in [-0.05, 0) is 69.9 Å². The van der Waals surface area contributed by atoms with E-state index in [9.17, 15) is 13.2 Å². The Hall–Kier alpha value is -3.27. The largest absolute Gasteiger partial charge is 0.493 e. The van der Waals surface area contributed by atoms with Gasteiger partial charge in [-0.25, -0.2) is 9.97 Å². The van der Waals surface area contributed by atoms with Gasteiger partial charge in [0, 0.05) is 17.1 Å². The predicted molar refractivity (Wildman–Crippen MR) is 132 cm³/mol. The van der Waals surface area contributed by atoms with E-state index in [1.165, 1.54) is 12.5 Å². The number of hydrogen-bond acceptors (Lipinski definition) is 7. The van der Waals surface area contributed by atoms with Crippen molar-refractivity contribution < 1.29 is 27.4 Å². The van der Waals surface area contributed by atoms with Crippen LogP contribution in [0.5, 0.6) is 11.5 Å².